The fraction of sp³-hybridized carbons (Fsp3) is 0.267. The van der Waals surface area contributed by atoms with E-state index < -0.39 is 11.6 Å². The van der Waals surface area contributed by atoms with Gasteiger partial charge in [0.1, 0.15) is 11.4 Å². The highest BCUT2D eigenvalue weighted by Gasteiger charge is 2.41. The molecule has 1 fully saturated rings. The molecule has 0 spiro atoms. The summed E-state index contributed by atoms with van der Waals surface area (Å²) in [5.41, 5.74) is -0.603. The number of aliphatic carboxylic acids is 1. The SMILES string of the molecule is O=C(O)CC1(Oc2ccc3ccccc3c2)CNC1. The van der Waals surface area contributed by atoms with Gasteiger partial charge >= 0.3 is 5.97 Å². The van der Waals surface area contributed by atoms with Crippen LogP contribution in [-0.4, -0.2) is 29.8 Å². The van der Waals surface area contributed by atoms with Crippen LogP contribution in [-0.2, 0) is 4.79 Å². The van der Waals surface area contributed by atoms with E-state index in [9.17, 15) is 4.79 Å². The Morgan fingerprint density at radius 3 is 2.58 bits per heavy atom. The van der Waals surface area contributed by atoms with Gasteiger partial charge in [-0.1, -0.05) is 30.3 Å². The summed E-state index contributed by atoms with van der Waals surface area (Å²) < 4.78 is 5.91. The molecule has 0 aliphatic carbocycles. The van der Waals surface area contributed by atoms with Gasteiger partial charge in [0, 0.05) is 13.1 Å². The molecule has 0 amide bonds. The largest absolute Gasteiger partial charge is 0.484 e. The van der Waals surface area contributed by atoms with Gasteiger partial charge in [-0.15, -0.1) is 0 Å². The molecular weight excluding hydrogens is 242 g/mol. The molecule has 1 saturated heterocycles. The maximum absolute atomic E-state index is 10.9. The fourth-order valence-electron chi connectivity index (χ4n) is 2.39. The number of fused-ring (bicyclic) bond motifs is 1. The molecule has 0 bridgehead atoms. The Hall–Kier alpha value is -2.07. The quantitative estimate of drug-likeness (QED) is 0.880. The molecule has 1 aliphatic rings. The van der Waals surface area contributed by atoms with E-state index in [4.69, 9.17) is 9.84 Å². The van der Waals surface area contributed by atoms with Gasteiger partial charge in [-0.3, -0.25) is 4.79 Å². The number of carboxylic acids is 1. The normalized spacial score (nSPS) is 16.8. The second-order valence-electron chi connectivity index (χ2n) is 4.97. The number of benzene rings is 2. The average molecular weight is 257 g/mol. The van der Waals surface area contributed by atoms with Crippen LogP contribution in [0.5, 0.6) is 5.75 Å². The molecule has 0 unspecified atom stereocenters. The van der Waals surface area contributed by atoms with E-state index in [1.165, 1.54) is 0 Å². The number of carbonyl (C=O) groups is 1. The van der Waals surface area contributed by atoms with Gasteiger partial charge in [-0.05, 0) is 22.9 Å². The Morgan fingerprint density at radius 1 is 1.21 bits per heavy atom. The molecule has 4 heteroatoms. The Labute approximate surface area is 111 Å². The fourth-order valence-corrected chi connectivity index (χ4v) is 2.39. The Kier molecular flexibility index (Phi) is 2.87. The molecule has 1 aliphatic heterocycles. The number of nitrogens with one attached hydrogen (secondary N) is 1. The first-order valence-corrected chi connectivity index (χ1v) is 6.27. The zero-order valence-electron chi connectivity index (χ0n) is 10.4. The van der Waals surface area contributed by atoms with Crippen molar-refractivity contribution in [3.05, 3.63) is 42.5 Å². The smallest absolute Gasteiger partial charge is 0.307 e. The minimum absolute atomic E-state index is 0.0207. The summed E-state index contributed by atoms with van der Waals surface area (Å²) in [4.78, 5) is 10.9. The highest BCUT2D eigenvalue weighted by molar-refractivity contribution is 5.83. The van der Waals surface area contributed by atoms with Crippen molar-refractivity contribution in [2.75, 3.05) is 13.1 Å². The van der Waals surface area contributed by atoms with E-state index in [-0.39, 0.29) is 6.42 Å². The zero-order valence-corrected chi connectivity index (χ0v) is 10.4. The van der Waals surface area contributed by atoms with Crippen molar-refractivity contribution in [3.8, 4) is 5.75 Å². The van der Waals surface area contributed by atoms with Crippen LogP contribution < -0.4 is 10.1 Å². The van der Waals surface area contributed by atoms with E-state index >= 15 is 0 Å². The van der Waals surface area contributed by atoms with Crippen molar-refractivity contribution in [1.29, 1.82) is 0 Å². The van der Waals surface area contributed by atoms with E-state index in [2.05, 4.69) is 5.32 Å². The first-order chi connectivity index (χ1) is 9.17. The van der Waals surface area contributed by atoms with Crippen molar-refractivity contribution < 1.29 is 14.6 Å². The van der Waals surface area contributed by atoms with Gasteiger partial charge in [0.25, 0.3) is 0 Å². The second kappa shape index (κ2) is 4.55. The lowest BCUT2D eigenvalue weighted by Crippen LogP contribution is -2.64. The van der Waals surface area contributed by atoms with Crippen molar-refractivity contribution >= 4 is 16.7 Å². The topological polar surface area (TPSA) is 58.6 Å². The third-order valence-corrected chi connectivity index (χ3v) is 3.42. The Bertz CT molecular complexity index is 620. The van der Waals surface area contributed by atoms with E-state index in [0.717, 1.165) is 16.5 Å². The molecule has 0 aromatic heterocycles. The van der Waals surface area contributed by atoms with Crippen LogP contribution in [0.25, 0.3) is 10.8 Å². The maximum Gasteiger partial charge on any atom is 0.307 e. The van der Waals surface area contributed by atoms with Crippen molar-refractivity contribution in [2.45, 2.75) is 12.0 Å². The highest BCUT2D eigenvalue weighted by Crippen LogP contribution is 2.28. The second-order valence-corrected chi connectivity index (χ2v) is 4.97. The summed E-state index contributed by atoms with van der Waals surface area (Å²) in [7, 11) is 0. The van der Waals surface area contributed by atoms with Crippen molar-refractivity contribution in [2.24, 2.45) is 0 Å². The molecule has 98 valence electrons. The number of carboxylic acid groups (broad SMARTS) is 1. The molecule has 0 atom stereocenters. The standard InChI is InChI=1S/C15H15NO3/c17-14(18)8-15(9-16-10-15)19-13-6-5-11-3-1-2-4-12(11)7-13/h1-7,16H,8-10H2,(H,17,18). The molecule has 3 rings (SSSR count). The first kappa shape index (κ1) is 12.0. The molecule has 2 aromatic carbocycles. The lowest BCUT2D eigenvalue weighted by molar-refractivity contribution is -0.143. The molecule has 19 heavy (non-hydrogen) atoms. The van der Waals surface area contributed by atoms with Crippen LogP contribution in [0.1, 0.15) is 6.42 Å². The van der Waals surface area contributed by atoms with E-state index in [1.54, 1.807) is 0 Å². The first-order valence-electron chi connectivity index (χ1n) is 6.27. The summed E-state index contributed by atoms with van der Waals surface area (Å²) in [6, 6.07) is 13.9. The molecule has 2 N–H and O–H groups in total. The number of rotatable bonds is 4. The van der Waals surface area contributed by atoms with Crippen molar-refractivity contribution in [3.63, 3.8) is 0 Å². The van der Waals surface area contributed by atoms with Crippen LogP contribution in [0.3, 0.4) is 0 Å². The molecular formula is C15H15NO3. The summed E-state index contributed by atoms with van der Waals surface area (Å²) in [6.07, 6.45) is 0.0207. The predicted octanol–water partition coefficient (Wildman–Crippen LogP) is 2.04. The highest BCUT2D eigenvalue weighted by atomic mass is 16.5. The Balaban J connectivity index is 1.86. The molecule has 0 saturated carbocycles. The average Bonchev–Trinajstić information content (AvgIpc) is 2.35. The summed E-state index contributed by atoms with van der Waals surface area (Å²) in [5.74, 6) is -0.108. The molecule has 1 heterocycles. The van der Waals surface area contributed by atoms with Gasteiger partial charge in [-0.2, -0.15) is 0 Å². The predicted molar refractivity (Wildman–Crippen MR) is 72.4 cm³/mol. The monoisotopic (exact) mass is 257 g/mol. The number of ether oxygens (including phenoxy) is 1. The molecule has 0 radical (unpaired) electrons. The van der Waals surface area contributed by atoms with Crippen LogP contribution in [0, 0.1) is 0 Å². The van der Waals surface area contributed by atoms with Gasteiger partial charge in [0.15, 0.2) is 0 Å². The van der Waals surface area contributed by atoms with Crippen LogP contribution in [0.15, 0.2) is 42.5 Å². The summed E-state index contributed by atoms with van der Waals surface area (Å²) >= 11 is 0. The van der Waals surface area contributed by atoms with Gasteiger partial charge in [0.2, 0.25) is 0 Å². The van der Waals surface area contributed by atoms with E-state index in [0.29, 0.717) is 13.1 Å². The van der Waals surface area contributed by atoms with Crippen LogP contribution in [0.4, 0.5) is 0 Å². The number of hydrogen-bond acceptors (Lipinski definition) is 3. The number of hydrogen-bond donors (Lipinski definition) is 2. The van der Waals surface area contributed by atoms with Gasteiger partial charge in [0.05, 0.1) is 6.42 Å². The third kappa shape index (κ3) is 2.39. The third-order valence-electron chi connectivity index (χ3n) is 3.42. The lowest BCUT2D eigenvalue weighted by Gasteiger charge is -2.41. The van der Waals surface area contributed by atoms with Gasteiger partial charge < -0.3 is 15.2 Å². The van der Waals surface area contributed by atoms with Crippen LogP contribution in [0.2, 0.25) is 0 Å². The van der Waals surface area contributed by atoms with Crippen molar-refractivity contribution in [1.82, 2.24) is 5.32 Å². The molecule has 2 aromatic rings. The van der Waals surface area contributed by atoms with Crippen LogP contribution >= 0.6 is 0 Å². The summed E-state index contributed by atoms with van der Waals surface area (Å²) in [5, 5.41) is 14.3. The lowest BCUT2D eigenvalue weighted by atomic mass is 9.92. The Morgan fingerprint density at radius 2 is 1.95 bits per heavy atom. The maximum atomic E-state index is 10.9. The minimum Gasteiger partial charge on any atom is -0.484 e. The van der Waals surface area contributed by atoms with E-state index in [1.807, 2.05) is 42.5 Å². The summed E-state index contributed by atoms with van der Waals surface area (Å²) in [6.45, 7) is 1.15. The minimum atomic E-state index is -0.831. The molecule has 4 nitrogen and oxygen atoms in total. The zero-order chi connectivity index (χ0) is 13.3. The van der Waals surface area contributed by atoms with Gasteiger partial charge in [-0.25, -0.2) is 0 Å².